The largest absolute Gasteiger partial charge is 0.396 e. The zero-order valence-corrected chi connectivity index (χ0v) is 12.3. The van der Waals surface area contributed by atoms with E-state index in [1.165, 1.54) is 0 Å². The van der Waals surface area contributed by atoms with Gasteiger partial charge >= 0.3 is 0 Å². The zero-order valence-electron chi connectivity index (χ0n) is 12.3. The molecule has 1 rings (SSSR count). The van der Waals surface area contributed by atoms with E-state index in [1.807, 2.05) is 0 Å². The molecule has 0 saturated heterocycles. The topological polar surface area (TPSA) is 55.1 Å². The number of nitrogens with one attached hydrogen (secondary N) is 1. The van der Waals surface area contributed by atoms with Crippen molar-refractivity contribution in [2.45, 2.75) is 27.7 Å². The highest BCUT2D eigenvalue weighted by atomic mass is 19.1. The van der Waals surface area contributed by atoms with Gasteiger partial charge in [-0.3, -0.25) is 4.79 Å². The van der Waals surface area contributed by atoms with Gasteiger partial charge < -0.3 is 11.1 Å². The quantitative estimate of drug-likeness (QED) is 0.816. The van der Waals surface area contributed by atoms with Gasteiger partial charge in [0.15, 0.2) is 5.82 Å². The van der Waals surface area contributed by atoms with Crippen molar-refractivity contribution in [1.82, 2.24) is 5.32 Å². The Balaban J connectivity index is 2.82. The second kappa shape index (κ2) is 6.68. The van der Waals surface area contributed by atoms with Crippen LogP contribution < -0.4 is 11.1 Å². The smallest absolute Gasteiger partial charge is 0.254 e. The van der Waals surface area contributed by atoms with E-state index in [2.05, 4.69) is 33.0 Å². The fourth-order valence-corrected chi connectivity index (χ4v) is 2.32. The average molecular weight is 284 g/mol. The van der Waals surface area contributed by atoms with Crippen LogP contribution in [0.4, 0.5) is 14.5 Å². The minimum absolute atomic E-state index is 0.271. The predicted octanol–water partition coefficient (Wildman–Crippen LogP) is 3.21. The molecule has 1 aromatic carbocycles. The SMILES string of the molecule is CC(C)C(CNC(=O)c1cc(F)cc(N)c1F)C(C)C. The van der Waals surface area contributed by atoms with E-state index in [4.69, 9.17) is 5.73 Å². The summed E-state index contributed by atoms with van der Waals surface area (Å²) in [6.07, 6.45) is 0. The average Bonchev–Trinajstić information content (AvgIpc) is 2.32. The van der Waals surface area contributed by atoms with E-state index in [9.17, 15) is 13.6 Å². The molecule has 0 bridgehead atoms. The highest BCUT2D eigenvalue weighted by molar-refractivity contribution is 5.95. The van der Waals surface area contributed by atoms with Crippen LogP contribution in [0.2, 0.25) is 0 Å². The Morgan fingerprint density at radius 3 is 2.25 bits per heavy atom. The van der Waals surface area contributed by atoms with Crippen LogP contribution in [0.5, 0.6) is 0 Å². The van der Waals surface area contributed by atoms with Crippen molar-refractivity contribution in [3.63, 3.8) is 0 Å². The summed E-state index contributed by atoms with van der Waals surface area (Å²) in [5, 5.41) is 2.66. The maximum atomic E-state index is 13.7. The molecule has 5 heteroatoms. The molecular formula is C15H22F2N2O. The second-order valence-electron chi connectivity index (χ2n) is 5.72. The Kier molecular flexibility index (Phi) is 5.48. The van der Waals surface area contributed by atoms with E-state index in [-0.39, 0.29) is 17.2 Å². The predicted molar refractivity (Wildman–Crippen MR) is 76.3 cm³/mol. The number of hydrogen-bond acceptors (Lipinski definition) is 2. The lowest BCUT2D eigenvalue weighted by molar-refractivity contribution is 0.0932. The Labute approximate surface area is 118 Å². The Morgan fingerprint density at radius 1 is 1.20 bits per heavy atom. The van der Waals surface area contributed by atoms with Crippen LogP contribution in [0.3, 0.4) is 0 Å². The number of benzene rings is 1. The first-order chi connectivity index (χ1) is 9.23. The molecule has 0 atom stereocenters. The molecule has 0 heterocycles. The Hall–Kier alpha value is -1.65. The Morgan fingerprint density at radius 2 is 1.75 bits per heavy atom. The number of amides is 1. The summed E-state index contributed by atoms with van der Waals surface area (Å²) in [7, 11) is 0. The first kappa shape index (κ1) is 16.4. The van der Waals surface area contributed by atoms with Crippen LogP contribution in [0.15, 0.2) is 12.1 Å². The van der Waals surface area contributed by atoms with Crippen LogP contribution >= 0.6 is 0 Å². The fraction of sp³-hybridized carbons (Fsp3) is 0.533. The lowest BCUT2D eigenvalue weighted by atomic mass is 9.85. The maximum Gasteiger partial charge on any atom is 0.254 e. The van der Waals surface area contributed by atoms with Gasteiger partial charge in [-0.25, -0.2) is 8.78 Å². The maximum absolute atomic E-state index is 13.7. The van der Waals surface area contributed by atoms with Gasteiger partial charge in [-0.05, 0) is 29.9 Å². The van der Waals surface area contributed by atoms with Gasteiger partial charge in [-0.1, -0.05) is 27.7 Å². The first-order valence-electron chi connectivity index (χ1n) is 6.76. The summed E-state index contributed by atoms with van der Waals surface area (Å²) in [6, 6.07) is 1.72. The van der Waals surface area contributed by atoms with Crippen LogP contribution in [0.1, 0.15) is 38.1 Å². The van der Waals surface area contributed by atoms with Gasteiger partial charge in [0.25, 0.3) is 5.91 Å². The molecule has 0 aliphatic heterocycles. The van der Waals surface area contributed by atoms with Gasteiger partial charge in [0.05, 0.1) is 11.3 Å². The van der Waals surface area contributed by atoms with Crippen molar-refractivity contribution in [3.8, 4) is 0 Å². The molecule has 20 heavy (non-hydrogen) atoms. The molecule has 0 radical (unpaired) electrons. The van der Waals surface area contributed by atoms with Crippen LogP contribution in [0, 0.1) is 29.4 Å². The van der Waals surface area contributed by atoms with Crippen LogP contribution in [0.25, 0.3) is 0 Å². The second-order valence-corrected chi connectivity index (χ2v) is 5.72. The van der Waals surface area contributed by atoms with E-state index in [1.54, 1.807) is 0 Å². The number of halogens is 2. The highest BCUT2D eigenvalue weighted by Crippen LogP contribution is 2.21. The van der Waals surface area contributed by atoms with Crippen molar-refractivity contribution in [3.05, 3.63) is 29.3 Å². The van der Waals surface area contributed by atoms with Crippen molar-refractivity contribution in [1.29, 1.82) is 0 Å². The van der Waals surface area contributed by atoms with Gasteiger partial charge in [0.2, 0.25) is 0 Å². The molecule has 3 N–H and O–H groups in total. The minimum Gasteiger partial charge on any atom is -0.396 e. The molecule has 0 unspecified atom stereocenters. The van der Waals surface area contributed by atoms with E-state index >= 15 is 0 Å². The lowest BCUT2D eigenvalue weighted by Gasteiger charge is -2.25. The highest BCUT2D eigenvalue weighted by Gasteiger charge is 2.21. The zero-order chi connectivity index (χ0) is 15.4. The first-order valence-corrected chi connectivity index (χ1v) is 6.76. The number of nitrogen functional groups attached to an aromatic ring is 1. The van der Waals surface area contributed by atoms with Crippen molar-refractivity contribution in [2.75, 3.05) is 12.3 Å². The number of carbonyl (C=O) groups excluding carboxylic acids is 1. The summed E-state index contributed by atoms with van der Waals surface area (Å²) in [5.41, 5.74) is 4.60. The monoisotopic (exact) mass is 284 g/mol. The van der Waals surface area contributed by atoms with E-state index < -0.39 is 17.5 Å². The molecule has 0 saturated carbocycles. The fourth-order valence-electron chi connectivity index (χ4n) is 2.32. The number of nitrogens with two attached hydrogens (primary N) is 1. The van der Waals surface area contributed by atoms with Gasteiger partial charge in [0, 0.05) is 6.54 Å². The minimum atomic E-state index is -0.880. The standard InChI is InChI=1S/C15H22F2N2O/c1-8(2)12(9(3)4)7-19-15(20)11-5-10(16)6-13(18)14(11)17/h5-6,8-9,12H,7,18H2,1-4H3,(H,19,20). The third-order valence-corrected chi connectivity index (χ3v) is 3.52. The number of hydrogen-bond donors (Lipinski definition) is 2. The molecule has 3 nitrogen and oxygen atoms in total. The summed E-state index contributed by atoms with van der Waals surface area (Å²) < 4.78 is 26.9. The lowest BCUT2D eigenvalue weighted by Crippen LogP contribution is -2.34. The van der Waals surface area contributed by atoms with Gasteiger partial charge in [-0.2, -0.15) is 0 Å². The summed E-state index contributed by atoms with van der Waals surface area (Å²) in [5.74, 6) is -1.20. The number of carbonyl (C=O) groups is 1. The van der Waals surface area contributed by atoms with Crippen LogP contribution in [-0.4, -0.2) is 12.5 Å². The molecular weight excluding hydrogens is 262 g/mol. The van der Waals surface area contributed by atoms with E-state index in [0.717, 1.165) is 12.1 Å². The molecule has 0 aliphatic rings. The van der Waals surface area contributed by atoms with Crippen molar-refractivity contribution in [2.24, 2.45) is 17.8 Å². The third-order valence-electron chi connectivity index (χ3n) is 3.52. The summed E-state index contributed by atoms with van der Waals surface area (Å²) in [6.45, 7) is 8.69. The van der Waals surface area contributed by atoms with Gasteiger partial charge in [0.1, 0.15) is 5.82 Å². The van der Waals surface area contributed by atoms with E-state index in [0.29, 0.717) is 18.4 Å². The Bertz CT molecular complexity index is 479. The molecule has 1 amide bonds. The molecule has 1 aromatic rings. The molecule has 0 fully saturated rings. The van der Waals surface area contributed by atoms with Gasteiger partial charge in [-0.15, -0.1) is 0 Å². The summed E-state index contributed by atoms with van der Waals surface area (Å²) in [4.78, 5) is 11.9. The van der Waals surface area contributed by atoms with Crippen LogP contribution in [-0.2, 0) is 0 Å². The number of anilines is 1. The molecule has 0 aromatic heterocycles. The normalized spacial score (nSPS) is 11.4. The summed E-state index contributed by atoms with van der Waals surface area (Å²) >= 11 is 0. The molecule has 112 valence electrons. The van der Waals surface area contributed by atoms with Crippen molar-refractivity contribution < 1.29 is 13.6 Å². The molecule has 0 aliphatic carbocycles. The number of rotatable bonds is 5. The third kappa shape index (κ3) is 3.92. The molecule has 0 spiro atoms. The van der Waals surface area contributed by atoms with Crippen molar-refractivity contribution >= 4 is 11.6 Å².